The fourth-order valence-electron chi connectivity index (χ4n) is 2.06. The Morgan fingerprint density at radius 2 is 1.54 bits per heavy atom. The lowest BCUT2D eigenvalue weighted by Gasteiger charge is -2.15. The number of rotatable bonds is 4. The van der Waals surface area contributed by atoms with Gasteiger partial charge in [0.1, 0.15) is 0 Å². The molecule has 1 N–H and O–H groups in total. The molecule has 1 aliphatic carbocycles. The monoisotopic (exact) mass is 187 g/mol. The molecule has 0 aromatic rings. The van der Waals surface area contributed by atoms with Crippen LogP contribution in [0.25, 0.3) is 0 Å². The summed E-state index contributed by atoms with van der Waals surface area (Å²) in [6, 6.07) is 1.09. The zero-order chi connectivity index (χ0) is 9.84. The van der Waals surface area contributed by atoms with Crippen molar-refractivity contribution in [2.24, 2.45) is 0 Å². The summed E-state index contributed by atoms with van der Waals surface area (Å²) in [6.45, 7) is 4.34. The van der Waals surface area contributed by atoms with E-state index in [-0.39, 0.29) is 12.2 Å². The minimum Gasteiger partial charge on any atom is -0.379 e. The van der Waals surface area contributed by atoms with Crippen LogP contribution in [0, 0.1) is 0 Å². The van der Waals surface area contributed by atoms with Crippen LogP contribution in [-0.2, 0) is 9.47 Å². The zero-order valence-corrected chi connectivity index (χ0v) is 9.04. The first-order valence-corrected chi connectivity index (χ1v) is 4.99. The molecule has 1 fully saturated rings. The Hall–Kier alpha value is -0.120. The molecular formula is C10H21NO2. The van der Waals surface area contributed by atoms with Gasteiger partial charge < -0.3 is 14.8 Å². The van der Waals surface area contributed by atoms with Gasteiger partial charge in [0.05, 0.1) is 12.2 Å². The summed E-state index contributed by atoms with van der Waals surface area (Å²) in [5.74, 6) is 0. The van der Waals surface area contributed by atoms with Crippen LogP contribution >= 0.6 is 0 Å². The lowest BCUT2D eigenvalue weighted by Crippen LogP contribution is -2.33. The predicted octanol–water partition coefficient (Wildman–Crippen LogP) is 1.18. The first-order chi connectivity index (χ1) is 6.17. The quantitative estimate of drug-likeness (QED) is 0.717. The van der Waals surface area contributed by atoms with Crippen molar-refractivity contribution in [3.8, 4) is 0 Å². The van der Waals surface area contributed by atoms with Crippen molar-refractivity contribution in [3.05, 3.63) is 0 Å². The molecular weight excluding hydrogens is 166 g/mol. The molecule has 0 amide bonds. The molecule has 0 aromatic carbocycles. The van der Waals surface area contributed by atoms with Crippen LogP contribution in [0.5, 0.6) is 0 Å². The molecule has 13 heavy (non-hydrogen) atoms. The van der Waals surface area contributed by atoms with Gasteiger partial charge in [-0.05, 0) is 12.8 Å². The van der Waals surface area contributed by atoms with E-state index >= 15 is 0 Å². The van der Waals surface area contributed by atoms with Gasteiger partial charge in [0, 0.05) is 26.3 Å². The van der Waals surface area contributed by atoms with Crippen molar-refractivity contribution in [1.82, 2.24) is 5.32 Å². The SMILES string of the molecule is CO[C@H]1CC(NC(C)C)C[C@@H]1OC. The number of methoxy groups -OCH3 is 2. The topological polar surface area (TPSA) is 30.5 Å². The Kier molecular flexibility index (Phi) is 4.16. The molecule has 1 saturated carbocycles. The van der Waals surface area contributed by atoms with Crippen LogP contribution in [-0.4, -0.2) is 38.5 Å². The summed E-state index contributed by atoms with van der Waals surface area (Å²) < 4.78 is 10.7. The van der Waals surface area contributed by atoms with Crippen molar-refractivity contribution >= 4 is 0 Å². The second kappa shape index (κ2) is 4.94. The lowest BCUT2D eigenvalue weighted by molar-refractivity contribution is -0.0157. The van der Waals surface area contributed by atoms with E-state index in [4.69, 9.17) is 9.47 Å². The molecule has 0 aromatic heterocycles. The number of nitrogens with one attached hydrogen (secondary N) is 1. The van der Waals surface area contributed by atoms with Crippen molar-refractivity contribution in [1.29, 1.82) is 0 Å². The van der Waals surface area contributed by atoms with E-state index in [1.165, 1.54) is 0 Å². The van der Waals surface area contributed by atoms with Crippen molar-refractivity contribution in [3.63, 3.8) is 0 Å². The maximum Gasteiger partial charge on any atom is 0.0848 e. The average molecular weight is 187 g/mol. The highest BCUT2D eigenvalue weighted by Crippen LogP contribution is 2.24. The van der Waals surface area contributed by atoms with E-state index in [0.717, 1.165) is 12.8 Å². The molecule has 1 aliphatic rings. The highest BCUT2D eigenvalue weighted by atomic mass is 16.5. The highest BCUT2D eigenvalue weighted by Gasteiger charge is 2.34. The van der Waals surface area contributed by atoms with Crippen LogP contribution in [0.4, 0.5) is 0 Å². The van der Waals surface area contributed by atoms with Gasteiger partial charge in [-0.15, -0.1) is 0 Å². The van der Waals surface area contributed by atoms with Gasteiger partial charge in [-0.25, -0.2) is 0 Å². The second-order valence-corrected chi connectivity index (χ2v) is 4.04. The Morgan fingerprint density at radius 1 is 1.08 bits per heavy atom. The second-order valence-electron chi connectivity index (χ2n) is 4.04. The van der Waals surface area contributed by atoms with Crippen molar-refractivity contribution in [2.75, 3.05) is 14.2 Å². The fourth-order valence-corrected chi connectivity index (χ4v) is 2.06. The van der Waals surface area contributed by atoms with Gasteiger partial charge in [0.2, 0.25) is 0 Å². The van der Waals surface area contributed by atoms with Crippen LogP contribution in [0.15, 0.2) is 0 Å². The number of hydrogen-bond donors (Lipinski definition) is 1. The van der Waals surface area contributed by atoms with Gasteiger partial charge in [-0.1, -0.05) is 13.8 Å². The van der Waals surface area contributed by atoms with Gasteiger partial charge >= 0.3 is 0 Å². The first kappa shape index (κ1) is 11.0. The third-order valence-corrected chi connectivity index (χ3v) is 2.62. The maximum absolute atomic E-state index is 5.36. The van der Waals surface area contributed by atoms with E-state index in [1.54, 1.807) is 14.2 Å². The van der Waals surface area contributed by atoms with E-state index in [2.05, 4.69) is 19.2 Å². The molecule has 3 nitrogen and oxygen atoms in total. The molecule has 0 aliphatic heterocycles. The third kappa shape index (κ3) is 2.93. The summed E-state index contributed by atoms with van der Waals surface area (Å²) >= 11 is 0. The maximum atomic E-state index is 5.36. The van der Waals surface area contributed by atoms with Crippen molar-refractivity contribution in [2.45, 2.75) is 51.0 Å². The summed E-state index contributed by atoms with van der Waals surface area (Å²) in [6.07, 6.45) is 2.66. The Morgan fingerprint density at radius 3 is 1.85 bits per heavy atom. The molecule has 0 heterocycles. The van der Waals surface area contributed by atoms with Crippen LogP contribution in [0.1, 0.15) is 26.7 Å². The fraction of sp³-hybridized carbons (Fsp3) is 1.00. The molecule has 0 radical (unpaired) electrons. The lowest BCUT2D eigenvalue weighted by atomic mass is 10.2. The summed E-state index contributed by atoms with van der Waals surface area (Å²) in [5.41, 5.74) is 0. The van der Waals surface area contributed by atoms with Gasteiger partial charge in [-0.3, -0.25) is 0 Å². The molecule has 78 valence electrons. The Bertz CT molecular complexity index is 138. The van der Waals surface area contributed by atoms with Gasteiger partial charge in [-0.2, -0.15) is 0 Å². The Balaban J connectivity index is 2.38. The minimum absolute atomic E-state index is 0.265. The summed E-state index contributed by atoms with van der Waals surface area (Å²) in [4.78, 5) is 0. The van der Waals surface area contributed by atoms with Crippen LogP contribution in [0.2, 0.25) is 0 Å². The molecule has 0 spiro atoms. The molecule has 2 atom stereocenters. The average Bonchev–Trinajstić information content (AvgIpc) is 2.45. The highest BCUT2D eigenvalue weighted by molar-refractivity contribution is 4.89. The minimum atomic E-state index is 0.265. The Labute approximate surface area is 80.8 Å². The molecule has 0 saturated heterocycles. The van der Waals surface area contributed by atoms with E-state index in [0.29, 0.717) is 12.1 Å². The van der Waals surface area contributed by atoms with E-state index in [1.807, 2.05) is 0 Å². The standard InChI is InChI=1S/C10H21NO2/c1-7(2)11-8-5-9(12-3)10(6-8)13-4/h7-11H,5-6H2,1-4H3/t9-,10-/m0/s1. The van der Waals surface area contributed by atoms with Gasteiger partial charge in [0.15, 0.2) is 0 Å². The zero-order valence-electron chi connectivity index (χ0n) is 9.04. The van der Waals surface area contributed by atoms with E-state index < -0.39 is 0 Å². The van der Waals surface area contributed by atoms with Crippen LogP contribution in [0.3, 0.4) is 0 Å². The molecule has 0 bridgehead atoms. The summed E-state index contributed by atoms with van der Waals surface area (Å²) in [5, 5.41) is 3.51. The molecule has 1 rings (SSSR count). The van der Waals surface area contributed by atoms with Crippen LogP contribution < -0.4 is 5.32 Å². The first-order valence-electron chi connectivity index (χ1n) is 4.99. The summed E-state index contributed by atoms with van der Waals surface area (Å²) in [7, 11) is 3.52. The third-order valence-electron chi connectivity index (χ3n) is 2.62. The number of ether oxygens (including phenoxy) is 2. The van der Waals surface area contributed by atoms with Crippen molar-refractivity contribution < 1.29 is 9.47 Å². The predicted molar refractivity (Wildman–Crippen MR) is 52.9 cm³/mol. The van der Waals surface area contributed by atoms with Gasteiger partial charge in [0.25, 0.3) is 0 Å². The smallest absolute Gasteiger partial charge is 0.0848 e. The normalized spacial score (nSPS) is 30.2. The molecule has 0 unspecified atom stereocenters. The molecule has 3 heteroatoms. The largest absolute Gasteiger partial charge is 0.379 e. The van der Waals surface area contributed by atoms with E-state index in [9.17, 15) is 0 Å². The number of hydrogen-bond acceptors (Lipinski definition) is 3.